The largest absolute Gasteiger partial charge is 0.494 e. The van der Waals surface area contributed by atoms with E-state index >= 15 is 8.78 Å². The molecule has 0 N–H and O–H groups in total. The lowest BCUT2D eigenvalue weighted by Crippen LogP contribution is -2.58. The first kappa shape index (κ1) is 24.7. The molecule has 0 fully saturated rings. The Morgan fingerprint density at radius 1 is 0.515 bits per heavy atom. The Hall–Kier alpha value is -2.97. The number of methoxy groups -OCH3 is 3. The number of hydrogen-bond donors (Lipinski definition) is 0. The highest BCUT2D eigenvalue weighted by molar-refractivity contribution is 6.95. The molecule has 3 aromatic carbocycles. The standard InChI is InChI=1S/2C7H4F3O.C7H5F2O.Al/c2*1-11-7-5(9)2-4(8)3-6(7)10;1-10-7-3-2-5(8)4-6(7)9;/h2*2H,1H3;3-4H,1H3;. The van der Waals surface area contributed by atoms with Crippen molar-refractivity contribution in [2.24, 2.45) is 0 Å². The lowest BCUT2D eigenvalue weighted by molar-refractivity contribution is 0.357. The number of halogens is 8. The minimum Gasteiger partial charge on any atom is -0.494 e. The molecule has 3 nitrogen and oxygen atoms in total. The highest BCUT2D eigenvalue weighted by atomic mass is 27.2. The van der Waals surface area contributed by atoms with E-state index in [1.165, 1.54) is 0 Å². The van der Waals surface area contributed by atoms with Gasteiger partial charge in [-0.1, -0.05) is 4.43 Å². The maximum Gasteiger partial charge on any atom is 0.407 e. The second-order valence-electron chi connectivity index (χ2n) is 6.64. The maximum absolute atomic E-state index is 15.2. The Kier molecular flexibility index (Phi) is 7.09. The molecule has 12 heteroatoms. The molecule has 33 heavy (non-hydrogen) atoms. The maximum atomic E-state index is 15.2. The lowest BCUT2D eigenvalue weighted by atomic mass is 10.3. The Morgan fingerprint density at radius 2 is 0.939 bits per heavy atom. The SMILES string of the molecule is COc1c[c]([Al]([c]2c(F)cc(F)c(OC)c2F)[c]2c(F)cc(F)c(OC)c2F)c(F)cc1F. The van der Waals surface area contributed by atoms with E-state index in [1.807, 2.05) is 0 Å². The Labute approximate surface area is 186 Å². The molecule has 3 rings (SSSR count). The Bertz CT molecular complexity index is 1170. The van der Waals surface area contributed by atoms with Crippen LogP contribution in [0.3, 0.4) is 0 Å². The van der Waals surface area contributed by atoms with Crippen molar-refractivity contribution in [1.82, 2.24) is 0 Å². The molecule has 0 saturated heterocycles. The summed E-state index contributed by atoms with van der Waals surface area (Å²) in [6.45, 7) is 0. The van der Waals surface area contributed by atoms with Crippen LogP contribution in [0.15, 0.2) is 24.3 Å². The van der Waals surface area contributed by atoms with Crippen LogP contribution in [0.4, 0.5) is 35.1 Å². The van der Waals surface area contributed by atoms with Crippen molar-refractivity contribution < 1.29 is 49.3 Å². The zero-order valence-electron chi connectivity index (χ0n) is 17.1. The lowest BCUT2D eigenvalue weighted by Gasteiger charge is -2.20. The fraction of sp³-hybridized carbons (Fsp3) is 0.143. The zero-order valence-corrected chi connectivity index (χ0v) is 18.3. The van der Waals surface area contributed by atoms with Crippen molar-refractivity contribution in [3.8, 4) is 17.2 Å². The van der Waals surface area contributed by atoms with Gasteiger partial charge in [0.25, 0.3) is 0 Å². The van der Waals surface area contributed by atoms with E-state index in [-0.39, 0.29) is 12.1 Å². The van der Waals surface area contributed by atoms with Crippen LogP contribution in [-0.2, 0) is 0 Å². The van der Waals surface area contributed by atoms with Gasteiger partial charge in [0.1, 0.15) is 17.5 Å². The van der Waals surface area contributed by atoms with Crippen LogP contribution in [0.1, 0.15) is 0 Å². The van der Waals surface area contributed by atoms with Crippen LogP contribution in [-0.4, -0.2) is 35.5 Å². The molecule has 0 amide bonds. The Balaban J connectivity index is 2.52. The van der Waals surface area contributed by atoms with Crippen LogP contribution in [0, 0.1) is 46.5 Å². The van der Waals surface area contributed by atoms with Crippen LogP contribution in [0.25, 0.3) is 0 Å². The molecule has 0 saturated carbocycles. The monoisotopic (exact) mass is 492 g/mol. The second kappa shape index (κ2) is 9.49. The first-order chi connectivity index (χ1) is 15.6. The third-order valence-electron chi connectivity index (χ3n) is 4.89. The van der Waals surface area contributed by atoms with E-state index < -0.39 is 91.2 Å². The van der Waals surface area contributed by atoms with E-state index in [2.05, 4.69) is 9.47 Å². The fourth-order valence-electron chi connectivity index (χ4n) is 3.45. The summed E-state index contributed by atoms with van der Waals surface area (Å²) in [7, 11) is 2.70. The van der Waals surface area contributed by atoms with Crippen molar-refractivity contribution in [1.29, 1.82) is 0 Å². The van der Waals surface area contributed by atoms with E-state index in [1.54, 1.807) is 0 Å². The van der Waals surface area contributed by atoms with Gasteiger partial charge in [-0.25, -0.2) is 35.1 Å². The molecule has 0 spiro atoms. The predicted octanol–water partition coefficient (Wildman–Crippen LogP) is 3.34. The highest BCUT2D eigenvalue weighted by Crippen LogP contribution is 2.26. The van der Waals surface area contributed by atoms with Gasteiger partial charge in [0.15, 0.2) is 46.3 Å². The molecule has 0 unspecified atom stereocenters. The average molecular weight is 492 g/mol. The molecule has 0 atom stereocenters. The van der Waals surface area contributed by atoms with E-state index in [9.17, 15) is 26.3 Å². The minimum absolute atomic E-state index is 0.187. The molecule has 0 radical (unpaired) electrons. The van der Waals surface area contributed by atoms with Gasteiger partial charge >= 0.3 is 14.1 Å². The number of hydrogen-bond acceptors (Lipinski definition) is 3. The molecule has 174 valence electrons. The van der Waals surface area contributed by atoms with Crippen molar-refractivity contribution in [2.45, 2.75) is 0 Å². The van der Waals surface area contributed by atoms with Crippen molar-refractivity contribution in [3.05, 3.63) is 70.8 Å². The molecular formula is C21H13AlF8O3. The zero-order chi connectivity index (χ0) is 24.6. The highest BCUT2D eigenvalue weighted by Gasteiger charge is 2.41. The quantitative estimate of drug-likeness (QED) is 0.391. The number of benzene rings is 3. The van der Waals surface area contributed by atoms with Crippen molar-refractivity contribution >= 4 is 27.4 Å². The third-order valence-corrected chi connectivity index (χ3v) is 8.17. The minimum atomic E-state index is -4.31. The van der Waals surface area contributed by atoms with Gasteiger partial charge in [-0.15, -0.1) is 0 Å². The van der Waals surface area contributed by atoms with Gasteiger partial charge in [-0.05, 0) is 14.9 Å². The molecule has 0 heterocycles. The molecular weight excluding hydrogens is 479 g/mol. The predicted molar refractivity (Wildman–Crippen MR) is 103 cm³/mol. The van der Waals surface area contributed by atoms with Gasteiger partial charge in [0.05, 0.1) is 21.3 Å². The second-order valence-corrected chi connectivity index (χ2v) is 9.29. The van der Waals surface area contributed by atoms with E-state index in [4.69, 9.17) is 4.74 Å². The average Bonchev–Trinajstić information content (AvgIpc) is 2.73. The van der Waals surface area contributed by atoms with Crippen LogP contribution in [0.2, 0.25) is 0 Å². The molecule has 0 aliphatic carbocycles. The summed E-state index contributed by atoms with van der Waals surface area (Å²) in [6.07, 6.45) is 0. The normalized spacial score (nSPS) is 10.9. The summed E-state index contributed by atoms with van der Waals surface area (Å²) < 4.78 is 128. The van der Waals surface area contributed by atoms with E-state index in [0.717, 1.165) is 21.3 Å². The van der Waals surface area contributed by atoms with Gasteiger partial charge in [0.2, 0.25) is 0 Å². The van der Waals surface area contributed by atoms with Gasteiger partial charge in [0, 0.05) is 18.2 Å². The smallest absolute Gasteiger partial charge is 0.407 e. The molecule has 0 bridgehead atoms. The molecule has 0 aromatic heterocycles. The van der Waals surface area contributed by atoms with Crippen LogP contribution < -0.4 is 27.5 Å². The van der Waals surface area contributed by atoms with Crippen LogP contribution >= 0.6 is 0 Å². The van der Waals surface area contributed by atoms with Crippen LogP contribution in [0.5, 0.6) is 17.2 Å². The summed E-state index contributed by atoms with van der Waals surface area (Å²) in [6, 6.07) is 1.34. The first-order valence-electron chi connectivity index (χ1n) is 9.02. The third kappa shape index (κ3) is 4.20. The fourth-order valence-corrected chi connectivity index (χ4v) is 6.53. The summed E-state index contributed by atoms with van der Waals surface area (Å²) in [4.78, 5) is 0. The first-order valence-corrected chi connectivity index (χ1v) is 10.8. The summed E-state index contributed by atoms with van der Waals surface area (Å²) in [5.74, 6) is -15.0. The van der Waals surface area contributed by atoms with E-state index in [0.29, 0.717) is 12.1 Å². The van der Waals surface area contributed by atoms with Crippen molar-refractivity contribution in [2.75, 3.05) is 21.3 Å². The molecule has 0 aliphatic heterocycles. The molecule has 3 aromatic rings. The Morgan fingerprint density at radius 3 is 1.33 bits per heavy atom. The van der Waals surface area contributed by atoms with Gasteiger partial charge < -0.3 is 14.2 Å². The topological polar surface area (TPSA) is 27.7 Å². The number of rotatable bonds is 6. The summed E-state index contributed by atoms with van der Waals surface area (Å²) >= 11 is -4.31. The summed E-state index contributed by atoms with van der Waals surface area (Å²) in [5.41, 5.74) is 0. The van der Waals surface area contributed by atoms with Gasteiger partial charge in [-0.3, -0.25) is 0 Å². The summed E-state index contributed by atoms with van der Waals surface area (Å²) in [5, 5.41) is 0. The number of ether oxygens (including phenoxy) is 3. The van der Waals surface area contributed by atoms with Gasteiger partial charge in [-0.2, -0.15) is 0 Å². The molecule has 0 aliphatic rings. The van der Waals surface area contributed by atoms with Crippen molar-refractivity contribution in [3.63, 3.8) is 0 Å².